The minimum Gasteiger partial charge on any atom is -0.250 e. The van der Waals surface area contributed by atoms with E-state index in [9.17, 15) is 0 Å². The van der Waals surface area contributed by atoms with Crippen molar-refractivity contribution in [2.45, 2.75) is 10.3 Å². The summed E-state index contributed by atoms with van der Waals surface area (Å²) in [6.45, 7) is 0. The number of pyridine rings is 1. The molecule has 0 unspecified atom stereocenters. The van der Waals surface area contributed by atoms with Gasteiger partial charge in [0.15, 0.2) is 16.1 Å². The van der Waals surface area contributed by atoms with Crippen LogP contribution in [0.5, 0.6) is 0 Å². The van der Waals surface area contributed by atoms with E-state index in [1.165, 1.54) is 0 Å². The van der Waals surface area contributed by atoms with Crippen LogP contribution >= 0.6 is 47.8 Å². The number of rotatable bonds is 1. The van der Waals surface area contributed by atoms with Gasteiger partial charge in [0.2, 0.25) is 0 Å². The summed E-state index contributed by atoms with van der Waals surface area (Å²) in [7, 11) is 0. The fourth-order valence-electron chi connectivity index (χ4n) is 0.991. The fraction of sp³-hybridized carbons (Fsp3) is 0. The molecule has 2 aromatic rings. The second-order valence-corrected chi connectivity index (χ2v) is 4.53. The molecule has 76 valence electrons. The van der Waals surface area contributed by atoms with Gasteiger partial charge in [0.1, 0.15) is 3.70 Å². The van der Waals surface area contributed by atoms with E-state index in [1.54, 1.807) is 6.20 Å². The molecule has 2 aromatic heterocycles. The molecule has 4 nitrogen and oxygen atoms in total. The van der Waals surface area contributed by atoms with Crippen LogP contribution in [0.3, 0.4) is 0 Å². The Morgan fingerprint density at radius 3 is 2.20 bits per heavy atom. The van der Waals surface area contributed by atoms with Gasteiger partial charge in [-0.3, -0.25) is 0 Å². The Morgan fingerprint density at radius 2 is 1.67 bits per heavy atom. The highest BCUT2D eigenvalue weighted by Gasteiger charge is 2.04. The standard InChI is InChI=1S/C8H5IN4S2/c9-5-2-1-4(3-10-5)6-11-7(14)13-8(15)12-6/h1-3H,(H2,11,12,13,14,15). The van der Waals surface area contributed by atoms with Crippen LogP contribution in [0.1, 0.15) is 0 Å². The average Bonchev–Trinajstić information content (AvgIpc) is 2.17. The van der Waals surface area contributed by atoms with Crippen molar-refractivity contribution >= 4 is 47.8 Å². The highest BCUT2D eigenvalue weighted by atomic mass is 127. The summed E-state index contributed by atoms with van der Waals surface area (Å²) in [5.74, 6) is 0.531. The molecule has 0 N–H and O–H groups in total. The number of thiol groups is 2. The number of halogens is 1. The lowest BCUT2D eigenvalue weighted by Crippen LogP contribution is -1.95. The third-order valence-corrected chi connectivity index (χ3v) is 2.64. The molecule has 0 saturated carbocycles. The van der Waals surface area contributed by atoms with E-state index in [0.717, 1.165) is 9.26 Å². The fourth-order valence-corrected chi connectivity index (χ4v) is 1.77. The zero-order valence-electron chi connectivity index (χ0n) is 7.29. The van der Waals surface area contributed by atoms with Gasteiger partial charge in [0.25, 0.3) is 0 Å². The van der Waals surface area contributed by atoms with Gasteiger partial charge in [-0.15, -0.1) is 25.3 Å². The van der Waals surface area contributed by atoms with Crippen molar-refractivity contribution in [3.05, 3.63) is 22.0 Å². The van der Waals surface area contributed by atoms with Crippen LogP contribution in [0.15, 0.2) is 28.6 Å². The van der Waals surface area contributed by atoms with Crippen molar-refractivity contribution in [2.24, 2.45) is 0 Å². The van der Waals surface area contributed by atoms with Gasteiger partial charge in [-0.25, -0.2) is 15.0 Å². The molecule has 0 radical (unpaired) electrons. The molecule has 0 bridgehead atoms. The SMILES string of the molecule is Sc1nc(S)nc(-c2ccc(I)nc2)n1. The summed E-state index contributed by atoms with van der Waals surface area (Å²) in [4.78, 5) is 16.2. The van der Waals surface area contributed by atoms with Crippen LogP contribution in [-0.2, 0) is 0 Å². The van der Waals surface area contributed by atoms with E-state index in [0.29, 0.717) is 16.1 Å². The van der Waals surface area contributed by atoms with Crippen LogP contribution in [0.2, 0.25) is 0 Å². The molecule has 0 saturated heterocycles. The number of hydrogen-bond acceptors (Lipinski definition) is 6. The Labute approximate surface area is 111 Å². The topological polar surface area (TPSA) is 51.6 Å². The molecule has 0 aromatic carbocycles. The highest BCUT2D eigenvalue weighted by Crippen LogP contribution is 2.16. The zero-order chi connectivity index (χ0) is 10.8. The van der Waals surface area contributed by atoms with Gasteiger partial charge in [0, 0.05) is 11.8 Å². The second-order valence-electron chi connectivity index (χ2n) is 2.63. The van der Waals surface area contributed by atoms with Crippen LogP contribution in [-0.4, -0.2) is 19.9 Å². The summed E-state index contributed by atoms with van der Waals surface area (Å²) >= 11 is 10.3. The number of nitrogens with zero attached hydrogens (tertiary/aromatic N) is 4. The minimum atomic E-state index is 0.351. The maximum absolute atomic E-state index is 4.15. The van der Waals surface area contributed by atoms with Crippen LogP contribution < -0.4 is 0 Å². The lowest BCUT2D eigenvalue weighted by atomic mass is 10.3. The van der Waals surface area contributed by atoms with Crippen molar-refractivity contribution in [3.8, 4) is 11.4 Å². The molecular weight excluding hydrogens is 343 g/mol. The average molecular weight is 348 g/mol. The van der Waals surface area contributed by atoms with E-state index in [1.807, 2.05) is 12.1 Å². The molecule has 7 heteroatoms. The van der Waals surface area contributed by atoms with E-state index >= 15 is 0 Å². The van der Waals surface area contributed by atoms with E-state index in [2.05, 4.69) is 67.8 Å². The molecule has 2 rings (SSSR count). The van der Waals surface area contributed by atoms with Crippen molar-refractivity contribution in [3.63, 3.8) is 0 Å². The van der Waals surface area contributed by atoms with Gasteiger partial charge in [-0.1, -0.05) is 0 Å². The Balaban J connectivity index is 2.49. The summed E-state index contributed by atoms with van der Waals surface area (Å²) in [5.41, 5.74) is 0.823. The molecule has 2 heterocycles. The third-order valence-electron chi connectivity index (χ3n) is 1.60. The molecule has 15 heavy (non-hydrogen) atoms. The first kappa shape index (κ1) is 11.1. The first-order valence-corrected chi connectivity index (χ1v) is 5.88. The van der Waals surface area contributed by atoms with E-state index in [4.69, 9.17) is 0 Å². The summed E-state index contributed by atoms with van der Waals surface area (Å²) in [6, 6.07) is 3.78. The molecule has 0 spiro atoms. The quantitative estimate of drug-likeness (QED) is 0.471. The van der Waals surface area contributed by atoms with Gasteiger partial charge in [-0.05, 0) is 34.7 Å². The molecule has 0 aliphatic carbocycles. The molecule has 0 aliphatic rings. The molecule has 0 amide bonds. The van der Waals surface area contributed by atoms with Crippen LogP contribution in [0.25, 0.3) is 11.4 Å². The molecule has 0 aliphatic heterocycles. The lowest BCUT2D eigenvalue weighted by molar-refractivity contribution is 0.816. The molecule has 0 atom stereocenters. The van der Waals surface area contributed by atoms with Gasteiger partial charge in [-0.2, -0.15) is 4.98 Å². The zero-order valence-corrected chi connectivity index (χ0v) is 11.2. The lowest BCUT2D eigenvalue weighted by Gasteiger charge is -2.00. The van der Waals surface area contributed by atoms with E-state index in [-0.39, 0.29) is 0 Å². The first-order valence-electron chi connectivity index (χ1n) is 3.91. The largest absolute Gasteiger partial charge is 0.250 e. The van der Waals surface area contributed by atoms with Crippen molar-refractivity contribution in [1.82, 2.24) is 19.9 Å². The molecule has 0 fully saturated rings. The minimum absolute atomic E-state index is 0.351. The van der Waals surface area contributed by atoms with Crippen molar-refractivity contribution in [2.75, 3.05) is 0 Å². The Morgan fingerprint density at radius 1 is 1.00 bits per heavy atom. The van der Waals surface area contributed by atoms with E-state index < -0.39 is 0 Å². The summed E-state index contributed by atoms with van der Waals surface area (Å²) in [5, 5.41) is 0.701. The number of hydrogen-bond donors (Lipinski definition) is 2. The van der Waals surface area contributed by atoms with Crippen LogP contribution in [0.4, 0.5) is 0 Å². The predicted octanol–water partition coefficient (Wildman–Crippen LogP) is 2.12. The van der Waals surface area contributed by atoms with Gasteiger partial charge in [0.05, 0.1) is 0 Å². The smallest absolute Gasteiger partial charge is 0.189 e. The predicted molar refractivity (Wildman–Crippen MR) is 70.3 cm³/mol. The Hall–Kier alpha value is -0.410. The van der Waals surface area contributed by atoms with Crippen molar-refractivity contribution < 1.29 is 0 Å². The van der Waals surface area contributed by atoms with Crippen molar-refractivity contribution in [1.29, 1.82) is 0 Å². The maximum Gasteiger partial charge on any atom is 0.189 e. The summed E-state index contributed by atoms with van der Waals surface area (Å²) in [6.07, 6.45) is 1.71. The highest BCUT2D eigenvalue weighted by molar-refractivity contribution is 14.1. The molecular formula is C8H5IN4S2. The summed E-state index contributed by atoms with van der Waals surface area (Å²) < 4.78 is 0.919. The maximum atomic E-state index is 4.15. The Kier molecular flexibility index (Phi) is 3.42. The van der Waals surface area contributed by atoms with Gasteiger partial charge < -0.3 is 0 Å². The third kappa shape index (κ3) is 2.79. The number of aromatic nitrogens is 4. The van der Waals surface area contributed by atoms with Crippen LogP contribution in [0, 0.1) is 3.70 Å². The van der Waals surface area contributed by atoms with Gasteiger partial charge >= 0.3 is 0 Å². The first-order chi connectivity index (χ1) is 7.15. The normalized spacial score (nSPS) is 10.3. The Bertz CT molecular complexity index is 468. The second kappa shape index (κ2) is 4.62. The monoisotopic (exact) mass is 348 g/mol.